The van der Waals surface area contributed by atoms with Gasteiger partial charge in [0.1, 0.15) is 11.2 Å². The van der Waals surface area contributed by atoms with Crippen LogP contribution in [0.5, 0.6) is 0 Å². The minimum Gasteiger partial charge on any atom is -0.221 e. The topological polar surface area (TPSA) is 59.9 Å². The van der Waals surface area contributed by atoms with Crippen LogP contribution in [0.3, 0.4) is 0 Å². The number of hydrogen-bond donors (Lipinski definition) is 0. The summed E-state index contributed by atoms with van der Waals surface area (Å²) in [5.74, 6) is 0. The van der Waals surface area contributed by atoms with Crippen LogP contribution >= 0.6 is 23.2 Å². The Balaban J connectivity index is 3.33. The van der Waals surface area contributed by atoms with Crippen LogP contribution in [0.15, 0.2) is 5.16 Å². The summed E-state index contributed by atoms with van der Waals surface area (Å²) < 4.78 is 21.7. The Labute approximate surface area is 79.5 Å². The molecular formula is C5H3Cl2N2O2S. The molecule has 1 rings (SSSR count). The molecule has 0 aliphatic rings. The zero-order valence-electron chi connectivity index (χ0n) is 5.88. The molecule has 1 aromatic heterocycles. The summed E-state index contributed by atoms with van der Waals surface area (Å²) in [6, 6.07) is 0. The van der Waals surface area contributed by atoms with Crippen molar-refractivity contribution in [2.24, 2.45) is 0 Å². The average Bonchev–Trinajstić information content (AvgIpc) is 1.92. The Morgan fingerprint density at radius 2 is 2.00 bits per heavy atom. The Kier molecular flexibility index (Phi) is 2.55. The summed E-state index contributed by atoms with van der Waals surface area (Å²) in [6.07, 6.45) is 3.19. The predicted octanol–water partition coefficient (Wildman–Crippen LogP) is 0.987. The first kappa shape index (κ1) is 9.70. The van der Waals surface area contributed by atoms with Crippen molar-refractivity contribution in [1.82, 2.24) is 9.97 Å². The van der Waals surface area contributed by atoms with Crippen molar-refractivity contribution in [2.45, 2.75) is 5.16 Å². The SMILES string of the molecule is CS(=O)(=O)c1n[c]c(Cl)c(Cl)n1. The van der Waals surface area contributed by atoms with Gasteiger partial charge in [0.15, 0.2) is 5.15 Å². The van der Waals surface area contributed by atoms with Crippen molar-refractivity contribution in [1.29, 1.82) is 0 Å². The number of halogens is 2. The van der Waals surface area contributed by atoms with Crippen molar-refractivity contribution in [2.75, 3.05) is 6.26 Å². The molecule has 0 N–H and O–H groups in total. The maximum Gasteiger partial charge on any atom is 0.248 e. The van der Waals surface area contributed by atoms with E-state index in [0.717, 1.165) is 6.26 Å². The summed E-state index contributed by atoms with van der Waals surface area (Å²) >= 11 is 10.9. The fraction of sp³-hybridized carbons (Fsp3) is 0.200. The van der Waals surface area contributed by atoms with E-state index >= 15 is 0 Å². The number of hydrogen-bond acceptors (Lipinski definition) is 4. The zero-order valence-corrected chi connectivity index (χ0v) is 8.20. The first-order chi connectivity index (χ1) is 5.41. The van der Waals surface area contributed by atoms with E-state index in [4.69, 9.17) is 23.2 Å². The molecule has 4 nitrogen and oxygen atoms in total. The minimum atomic E-state index is -3.44. The fourth-order valence-electron chi connectivity index (χ4n) is 0.467. The van der Waals surface area contributed by atoms with Gasteiger partial charge in [-0.15, -0.1) is 0 Å². The van der Waals surface area contributed by atoms with Gasteiger partial charge in [0.25, 0.3) is 0 Å². The van der Waals surface area contributed by atoms with Gasteiger partial charge in [-0.3, -0.25) is 0 Å². The van der Waals surface area contributed by atoms with Crippen molar-refractivity contribution in [3.05, 3.63) is 16.4 Å². The van der Waals surface area contributed by atoms with Gasteiger partial charge in [0.2, 0.25) is 15.0 Å². The summed E-state index contributed by atoms with van der Waals surface area (Å²) in [6.45, 7) is 0. The van der Waals surface area contributed by atoms with Crippen LogP contribution in [-0.2, 0) is 9.84 Å². The molecule has 12 heavy (non-hydrogen) atoms. The zero-order chi connectivity index (χ0) is 9.35. The first-order valence-electron chi connectivity index (χ1n) is 2.72. The molecule has 0 fully saturated rings. The first-order valence-corrected chi connectivity index (χ1v) is 5.37. The van der Waals surface area contributed by atoms with Gasteiger partial charge in [-0.2, -0.15) is 0 Å². The third kappa shape index (κ3) is 2.06. The molecule has 0 unspecified atom stereocenters. The number of rotatable bonds is 1. The molecule has 0 aromatic carbocycles. The van der Waals surface area contributed by atoms with Crippen LogP contribution in [0.1, 0.15) is 0 Å². The molecule has 0 aliphatic heterocycles. The Morgan fingerprint density at radius 1 is 1.42 bits per heavy atom. The van der Waals surface area contributed by atoms with Gasteiger partial charge < -0.3 is 0 Å². The van der Waals surface area contributed by atoms with E-state index in [9.17, 15) is 8.42 Å². The van der Waals surface area contributed by atoms with E-state index in [1.165, 1.54) is 0 Å². The highest BCUT2D eigenvalue weighted by molar-refractivity contribution is 7.90. The van der Waals surface area contributed by atoms with Crippen LogP contribution in [0.4, 0.5) is 0 Å². The van der Waals surface area contributed by atoms with Gasteiger partial charge >= 0.3 is 0 Å². The molecular weight excluding hydrogens is 223 g/mol. The number of sulfone groups is 1. The lowest BCUT2D eigenvalue weighted by atomic mass is 10.7. The second kappa shape index (κ2) is 3.16. The van der Waals surface area contributed by atoms with E-state index in [2.05, 4.69) is 16.2 Å². The molecule has 1 heterocycles. The Hall–Kier alpha value is -0.390. The molecule has 1 aromatic rings. The monoisotopic (exact) mass is 225 g/mol. The smallest absolute Gasteiger partial charge is 0.221 e. The maximum atomic E-state index is 10.8. The molecule has 0 saturated carbocycles. The summed E-state index contributed by atoms with van der Waals surface area (Å²) in [5.41, 5.74) is 0. The lowest BCUT2D eigenvalue weighted by molar-refractivity contribution is 0.593. The lowest BCUT2D eigenvalue weighted by Gasteiger charge is -1.96. The lowest BCUT2D eigenvalue weighted by Crippen LogP contribution is -2.03. The van der Waals surface area contributed by atoms with E-state index in [0.29, 0.717) is 0 Å². The third-order valence-corrected chi connectivity index (χ3v) is 2.44. The van der Waals surface area contributed by atoms with Gasteiger partial charge in [0, 0.05) is 6.26 Å². The molecule has 0 aliphatic carbocycles. The van der Waals surface area contributed by atoms with Crippen molar-refractivity contribution >= 4 is 33.0 Å². The molecule has 0 amide bonds. The van der Waals surface area contributed by atoms with Gasteiger partial charge in [-0.25, -0.2) is 18.4 Å². The molecule has 65 valence electrons. The fourth-order valence-corrected chi connectivity index (χ4v) is 1.19. The average molecular weight is 226 g/mol. The van der Waals surface area contributed by atoms with Crippen molar-refractivity contribution in [3.63, 3.8) is 0 Å². The van der Waals surface area contributed by atoms with E-state index in [-0.39, 0.29) is 15.3 Å². The highest BCUT2D eigenvalue weighted by atomic mass is 35.5. The molecule has 0 atom stereocenters. The highest BCUT2D eigenvalue weighted by Gasteiger charge is 2.12. The molecule has 1 radical (unpaired) electrons. The normalized spacial score (nSPS) is 11.6. The van der Waals surface area contributed by atoms with Gasteiger partial charge in [-0.05, 0) is 0 Å². The molecule has 0 bridgehead atoms. The summed E-state index contributed by atoms with van der Waals surface area (Å²) in [4.78, 5) is 6.82. The van der Waals surface area contributed by atoms with Crippen LogP contribution in [0.25, 0.3) is 0 Å². The quantitative estimate of drug-likeness (QED) is 0.529. The van der Waals surface area contributed by atoms with Crippen LogP contribution in [0, 0.1) is 6.20 Å². The van der Waals surface area contributed by atoms with Crippen LogP contribution in [-0.4, -0.2) is 24.6 Å². The standard InChI is InChI=1S/C5H3Cl2N2O2S/c1-12(10,11)5-8-2-3(6)4(7)9-5/h1H3. The largest absolute Gasteiger partial charge is 0.248 e. The van der Waals surface area contributed by atoms with Gasteiger partial charge in [0.05, 0.1) is 0 Å². The predicted molar refractivity (Wildman–Crippen MR) is 44.0 cm³/mol. The van der Waals surface area contributed by atoms with Crippen molar-refractivity contribution < 1.29 is 8.42 Å². The van der Waals surface area contributed by atoms with E-state index < -0.39 is 9.84 Å². The molecule has 0 saturated heterocycles. The Morgan fingerprint density at radius 3 is 2.42 bits per heavy atom. The van der Waals surface area contributed by atoms with Crippen LogP contribution < -0.4 is 0 Å². The van der Waals surface area contributed by atoms with Crippen LogP contribution in [0.2, 0.25) is 10.2 Å². The summed E-state index contributed by atoms with van der Waals surface area (Å²) in [7, 11) is -3.44. The Bertz CT molecular complexity index is 404. The third-order valence-electron chi connectivity index (χ3n) is 0.956. The highest BCUT2D eigenvalue weighted by Crippen LogP contribution is 2.17. The number of nitrogens with zero attached hydrogens (tertiary/aromatic N) is 2. The van der Waals surface area contributed by atoms with E-state index in [1.54, 1.807) is 0 Å². The number of aromatic nitrogens is 2. The minimum absolute atomic E-state index is 0.00377. The van der Waals surface area contributed by atoms with E-state index in [1.807, 2.05) is 0 Å². The summed E-state index contributed by atoms with van der Waals surface area (Å²) in [5, 5.41) is -0.493. The van der Waals surface area contributed by atoms with Gasteiger partial charge in [-0.1, -0.05) is 23.2 Å². The second-order valence-corrected chi connectivity index (χ2v) is 4.64. The second-order valence-electron chi connectivity index (χ2n) is 1.99. The molecule has 0 spiro atoms. The maximum absolute atomic E-state index is 10.8. The molecule has 7 heteroatoms. The van der Waals surface area contributed by atoms with Crippen molar-refractivity contribution in [3.8, 4) is 0 Å².